The van der Waals surface area contributed by atoms with Crippen LogP contribution in [0.1, 0.15) is 42.2 Å². The number of benzene rings is 3. The maximum absolute atomic E-state index is 12.7. The summed E-state index contributed by atoms with van der Waals surface area (Å²) in [6.07, 6.45) is 0. The van der Waals surface area contributed by atoms with Gasteiger partial charge in [0.1, 0.15) is 0 Å². The predicted octanol–water partition coefficient (Wildman–Crippen LogP) is 2.86. The first-order valence-corrected chi connectivity index (χ1v) is 9.36. The van der Waals surface area contributed by atoms with Gasteiger partial charge in [-0.2, -0.15) is 0 Å². The molecule has 3 aromatic carbocycles. The molecule has 1 aliphatic rings. The fourth-order valence-electron chi connectivity index (χ4n) is 3.32. The van der Waals surface area contributed by atoms with E-state index in [9.17, 15) is 14.4 Å². The number of carbonyl (C=O) groups excluding carboxylic acids is 3. The van der Waals surface area contributed by atoms with E-state index in [0.717, 1.165) is 4.90 Å². The van der Waals surface area contributed by atoms with Crippen molar-refractivity contribution >= 4 is 35.0 Å². The molecule has 0 aromatic heterocycles. The standard InChI is InChI=1S/C23H18N4O4/c1-13-16(10-5-11-19(13)24)20(25)26-31-23(30)14-6-4-7-15(12-14)27-21(28)17-8-2-3-9-18(17)22(27)29/h2-12H,24H2,1H3,(H2,25,26). The van der Waals surface area contributed by atoms with E-state index in [-0.39, 0.29) is 17.1 Å². The van der Waals surface area contributed by atoms with Gasteiger partial charge >= 0.3 is 5.97 Å². The molecule has 0 spiro atoms. The molecule has 1 aliphatic heterocycles. The van der Waals surface area contributed by atoms with E-state index in [4.69, 9.17) is 16.3 Å². The Morgan fingerprint density at radius 1 is 0.935 bits per heavy atom. The molecule has 0 bridgehead atoms. The Morgan fingerprint density at radius 2 is 1.58 bits per heavy atom. The highest BCUT2D eigenvalue weighted by Gasteiger charge is 2.36. The number of rotatable bonds is 4. The zero-order chi connectivity index (χ0) is 22.1. The van der Waals surface area contributed by atoms with Gasteiger partial charge in [-0.3, -0.25) is 9.59 Å². The van der Waals surface area contributed by atoms with Crippen LogP contribution in [-0.4, -0.2) is 23.6 Å². The van der Waals surface area contributed by atoms with Gasteiger partial charge in [-0.1, -0.05) is 35.5 Å². The Hall–Kier alpha value is -4.46. The zero-order valence-corrected chi connectivity index (χ0v) is 16.5. The van der Waals surface area contributed by atoms with Crippen molar-refractivity contribution in [2.75, 3.05) is 10.6 Å². The summed E-state index contributed by atoms with van der Waals surface area (Å²) in [6, 6.07) is 17.7. The van der Waals surface area contributed by atoms with Gasteiger partial charge in [0.15, 0.2) is 5.84 Å². The van der Waals surface area contributed by atoms with Gasteiger partial charge < -0.3 is 16.3 Å². The lowest BCUT2D eigenvalue weighted by atomic mass is 10.1. The first kappa shape index (κ1) is 19.8. The van der Waals surface area contributed by atoms with Crippen molar-refractivity contribution in [1.82, 2.24) is 0 Å². The van der Waals surface area contributed by atoms with Gasteiger partial charge in [-0.15, -0.1) is 0 Å². The first-order chi connectivity index (χ1) is 14.9. The number of anilines is 2. The highest BCUT2D eigenvalue weighted by Crippen LogP contribution is 2.28. The van der Waals surface area contributed by atoms with Crippen LogP contribution < -0.4 is 16.4 Å². The van der Waals surface area contributed by atoms with Gasteiger partial charge in [-0.25, -0.2) is 9.69 Å². The van der Waals surface area contributed by atoms with Gasteiger partial charge in [-0.05, 0) is 48.9 Å². The number of amides is 2. The van der Waals surface area contributed by atoms with Crippen LogP contribution in [0.5, 0.6) is 0 Å². The second kappa shape index (κ2) is 7.75. The van der Waals surface area contributed by atoms with Gasteiger partial charge in [0, 0.05) is 11.3 Å². The smallest absolute Gasteiger partial charge is 0.365 e. The summed E-state index contributed by atoms with van der Waals surface area (Å²) in [5.41, 5.74) is 14.6. The highest BCUT2D eigenvalue weighted by atomic mass is 16.7. The third kappa shape index (κ3) is 3.51. The minimum Gasteiger partial charge on any atom is -0.398 e. The lowest BCUT2D eigenvalue weighted by Crippen LogP contribution is -2.29. The molecule has 0 fully saturated rings. The topological polar surface area (TPSA) is 128 Å². The molecular formula is C23H18N4O4. The fourth-order valence-corrected chi connectivity index (χ4v) is 3.32. The van der Waals surface area contributed by atoms with Crippen LogP contribution in [0.2, 0.25) is 0 Å². The van der Waals surface area contributed by atoms with Crippen molar-refractivity contribution in [1.29, 1.82) is 0 Å². The number of nitrogens with zero attached hydrogens (tertiary/aromatic N) is 2. The zero-order valence-electron chi connectivity index (χ0n) is 16.5. The molecule has 8 nitrogen and oxygen atoms in total. The van der Waals surface area contributed by atoms with Gasteiger partial charge in [0.25, 0.3) is 11.8 Å². The van der Waals surface area contributed by atoms with Crippen molar-refractivity contribution < 1.29 is 19.2 Å². The summed E-state index contributed by atoms with van der Waals surface area (Å²) < 4.78 is 0. The molecule has 0 aliphatic carbocycles. The SMILES string of the molecule is Cc1c(N)cccc1/C(N)=N/OC(=O)c1cccc(N2C(=O)c3ccccc3C2=O)c1. The Kier molecular flexibility index (Phi) is 4.96. The average Bonchev–Trinajstić information content (AvgIpc) is 3.04. The Bertz CT molecular complexity index is 1230. The molecule has 154 valence electrons. The van der Waals surface area contributed by atoms with E-state index in [1.807, 2.05) is 0 Å². The number of nitrogen functional groups attached to an aromatic ring is 1. The minimum absolute atomic E-state index is 0.00495. The van der Waals surface area contributed by atoms with Crippen molar-refractivity contribution in [2.45, 2.75) is 6.92 Å². The fraction of sp³-hybridized carbons (Fsp3) is 0.0435. The summed E-state index contributed by atoms with van der Waals surface area (Å²) in [5, 5.41) is 3.70. The van der Waals surface area contributed by atoms with Crippen LogP contribution in [0.15, 0.2) is 71.9 Å². The lowest BCUT2D eigenvalue weighted by Gasteiger charge is -2.14. The molecule has 0 radical (unpaired) electrons. The molecule has 2 amide bonds. The second-order valence-electron chi connectivity index (χ2n) is 6.92. The Labute approximate surface area is 177 Å². The van der Waals surface area contributed by atoms with E-state index >= 15 is 0 Å². The Balaban J connectivity index is 1.56. The largest absolute Gasteiger partial charge is 0.398 e. The number of fused-ring (bicyclic) bond motifs is 1. The molecule has 0 saturated heterocycles. The monoisotopic (exact) mass is 414 g/mol. The molecule has 0 unspecified atom stereocenters. The molecule has 3 aromatic rings. The molecule has 0 saturated carbocycles. The maximum Gasteiger partial charge on any atom is 0.365 e. The number of imide groups is 1. The van der Waals surface area contributed by atoms with E-state index in [0.29, 0.717) is 27.9 Å². The van der Waals surface area contributed by atoms with Crippen LogP contribution in [-0.2, 0) is 4.84 Å². The predicted molar refractivity (Wildman–Crippen MR) is 116 cm³/mol. The molecule has 1 heterocycles. The third-order valence-electron chi connectivity index (χ3n) is 5.01. The summed E-state index contributed by atoms with van der Waals surface area (Å²) in [5.74, 6) is -1.70. The number of hydrogen-bond donors (Lipinski definition) is 2. The minimum atomic E-state index is -0.789. The van der Waals surface area contributed by atoms with Crippen LogP contribution in [0.25, 0.3) is 0 Å². The number of amidine groups is 1. The number of hydrogen-bond acceptors (Lipinski definition) is 6. The van der Waals surface area contributed by atoms with Crippen molar-refractivity contribution in [2.24, 2.45) is 10.9 Å². The molecular weight excluding hydrogens is 396 g/mol. The van der Waals surface area contributed by atoms with E-state index in [1.165, 1.54) is 12.1 Å². The average molecular weight is 414 g/mol. The van der Waals surface area contributed by atoms with E-state index in [1.54, 1.807) is 61.5 Å². The van der Waals surface area contributed by atoms with Crippen LogP contribution in [0.3, 0.4) is 0 Å². The normalized spacial score (nSPS) is 13.3. The molecule has 4 rings (SSSR count). The summed E-state index contributed by atoms with van der Waals surface area (Å²) in [4.78, 5) is 43.8. The van der Waals surface area contributed by atoms with Crippen molar-refractivity contribution in [3.63, 3.8) is 0 Å². The van der Waals surface area contributed by atoms with Gasteiger partial charge in [0.2, 0.25) is 0 Å². The highest BCUT2D eigenvalue weighted by molar-refractivity contribution is 6.34. The first-order valence-electron chi connectivity index (χ1n) is 9.36. The van der Waals surface area contributed by atoms with E-state index < -0.39 is 17.8 Å². The van der Waals surface area contributed by atoms with Gasteiger partial charge in [0.05, 0.1) is 22.4 Å². The van der Waals surface area contributed by atoms with Crippen molar-refractivity contribution in [3.8, 4) is 0 Å². The maximum atomic E-state index is 12.7. The quantitative estimate of drug-likeness (QED) is 0.169. The summed E-state index contributed by atoms with van der Waals surface area (Å²) >= 11 is 0. The number of carbonyl (C=O) groups is 3. The van der Waals surface area contributed by atoms with E-state index in [2.05, 4.69) is 5.16 Å². The molecule has 0 atom stereocenters. The molecule has 4 N–H and O–H groups in total. The van der Waals surface area contributed by atoms with Crippen LogP contribution in [0.4, 0.5) is 11.4 Å². The molecule has 8 heteroatoms. The van der Waals surface area contributed by atoms with Crippen LogP contribution in [0, 0.1) is 6.92 Å². The second-order valence-corrected chi connectivity index (χ2v) is 6.92. The number of oxime groups is 1. The summed E-state index contributed by atoms with van der Waals surface area (Å²) in [7, 11) is 0. The summed E-state index contributed by atoms with van der Waals surface area (Å²) in [6.45, 7) is 1.78. The number of nitrogens with two attached hydrogens (primary N) is 2. The lowest BCUT2D eigenvalue weighted by molar-refractivity contribution is 0.0515. The third-order valence-corrected chi connectivity index (χ3v) is 5.01. The van der Waals surface area contributed by atoms with Crippen LogP contribution >= 0.6 is 0 Å². The Morgan fingerprint density at radius 3 is 2.26 bits per heavy atom. The van der Waals surface area contributed by atoms with Crippen molar-refractivity contribution in [3.05, 3.63) is 94.5 Å². The molecule has 31 heavy (non-hydrogen) atoms.